The van der Waals surface area contributed by atoms with Crippen molar-refractivity contribution in [3.05, 3.63) is 36.7 Å². The lowest BCUT2D eigenvalue weighted by atomic mass is 9.96. The zero-order valence-corrected chi connectivity index (χ0v) is 21.8. The molecule has 0 spiro atoms. The summed E-state index contributed by atoms with van der Waals surface area (Å²) in [6.45, 7) is 4.06. The van der Waals surface area contributed by atoms with Crippen LogP contribution in [0.4, 0.5) is 11.8 Å². The van der Waals surface area contributed by atoms with Crippen LogP contribution in [0.15, 0.2) is 36.7 Å². The summed E-state index contributed by atoms with van der Waals surface area (Å²) in [6.07, 6.45) is -2.58. The molecule has 206 valence electrons. The minimum atomic E-state index is -4.22. The summed E-state index contributed by atoms with van der Waals surface area (Å²) in [7, 11) is -4.22. The van der Waals surface area contributed by atoms with Crippen molar-refractivity contribution < 1.29 is 38.1 Å². The molecule has 0 amide bonds. The maximum absolute atomic E-state index is 13.7. The maximum Gasteiger partial charge on any atom is 0.459 e. The molecule has 4 rings (SSSR count). The number of hydrogen-bond donors (Lipinski definition) is 5. The van der Waals surface area contributed by atoms with Gasteiger partial charge in [0, 0.05) is 0 Å². The average Bonchev–Trinajstić information content (AvgIpc) is 3.37. The summed E-state index contributed by atoms with van der Waals surface area (Å²) in [5.74, 6) is -0.543. The van der Waals surface area contributed by atoms with Crippen LogP contribution in [0.25, 0.3) is 11.2 Å². The van der Waals surface area contributed by atoms with Gasteiger partial charge in [-0.2, -0.15) is 15.1 Å². The highest BCUT2D eigenvalue weighted by Crippen LogP contribution is 2.47. The number of hydrogen-bond acceptors (Lipinski definition) is 13. The number of nitrogen functional groups attached to an aromatic ring is 2. The molecule has 38 heavy (non-hydrogen) atoms. The number of esters is 1. The highest BCUT2D eigenvalue weighted by molar-refractivity contribution is 7.52. The highest BCUT2D eigenvalue weighted by Gasteiger charge is 2.54. The molecule has 2 unspecified atom stereocenters. The lowest BCUT2D eigenvalue weighted by molar-refractivity contribution is -0.144. The summed E-state index contributed by atoms with van der Waals surface area (Å²) in [5.41, 5.74) is 10.1. The number of fused-ring (bicyclic) bond motifs is 1. The molecule has 0 aliphatic carbocycles. The van der Waals surface area contributed by atoms with E-state index in [9.17, 15) is 19.6 Å². The van der Waals surface area contributed by atoms with Gasteiger partial charge in [-0.25, -0.2) is 9.55 Å². The van der Waals surface area contributed by atoms with Crippen molar-refractivity contribution in [1.82, 2.24) is 24.6 Å². The fourth-order valence-corrected chi connectivity index (χ4v) is 5.45. The van der Waals surface area contributed by atoms with E-state index in [1.54, 1.807) is 37.3 Å². The van der Waals surface area contributed by atoms with Crippen molar-refractivity contribution in [2.75, 3.05) is 24.7 Å². The van der Waals surface area contributed by atoms with Crippen LogP contribution >= 0.6 is 7.75 Å². The molecule has 1 saturated heterocycles. The van der Waals surface area contributed by atoms with Gasteiger partial charge in [-0.3, -0.25) is 13.9 Å². The monoisotopic (exact) mass is 551 g/mol. The highest BCUT2D eigenvalue weighted by atomic mass is 31.2. The van der Waals surface area contributed by atoms with Gasteiger partial charge in [0.15, 0.2) is 17.7 Å². The Balaban J connectivity index is 1.56. The maximum atomic E-state index is 13.7. The molecule has 1 aliphatic heterocycles. The van der Waals surface area contributed by atoms with Gasteiger partial charge >= 0.3 is 13.7 Å². The van der Waals surface area contributed by atoms with Crippen LogP contribution in [-0.4, -0.2) is 72.8 Å². The van der Waals surface area contributed by atoms with Crippen LogP contribution < -0.4 is 21.1 Å². The van der Waals surface area contributed by atoms with Gasteiger partial charge in [0.25, 0.3) is 0 Å². The number of anilines is 2. The minimum absolute atomic E-state index is 0.0325. The van der Waals surface area contributed by atoms with Crippen molar-refractivity contribution in [2.24, 2.45) is 0 Å². The molecule has 0 radical (unpaired) electrons. The first-order valence-electron chi connectivity index (χ1n) is 11.7. The molecule has 3 aromatic rings. The summed E-state index contributed by atoms with van der Waals surface area (Å²) < 4.78 is 37.1. The van der Waals surface area contributed by atoms with Gasteiger partial charge in [0.1, 0.15) is 35.1 Å². The van der Waals surface area contributed by atoms with Gasteiger partial charge in [-0.15, -0.1) is 0 Å². The van der Waals surface area contributed by atoms with Crippen LogP contribution in [0.3, 0.4) is 0 Å². The van der Waals surface area contributed by atoms with E-state index in [0.717, 1.165) is 0 Å². The van der Waals surface area contributed by atoms with Crippen molar-refractivity contribution >= 4 is 36.6 Å². The normalized spacial score (nSPS) is 25.7. The van der Waals surface area contributed by atoms with E-state index in [2.05, 4.69) is 20.0 Å². The molecule has 0 bridgehead atoms. The molecule has 6 atom stereocenters. The molecule has 1 aromatic carbocycles. The zero-order valence-electron chi connectivity index (χ0n) is 20.9. The van der Waals surface area contributed by atoms with Gasteiger partial charge in [-0.05, 0) is 32.9 Å². The summed E-state index contributed by atoms with van der Waals surface area (Å²) in [4.78, 5) is 24.3. The molecule has 15 nitrogen and oxygen atoms in total. The fraction of sp³-hybridized carbons (Fsp3) is 0.455. The van der Waals surface area contributed by atoms with E-state index in [1.807, 2.05) is 0 Å². The van der Waals surface area contributed by atoms with E-state index < -0.39 is 50.4 Å². The van der Waals surface area contributed by atoms with E-state index in [-0.39, 0.29) is 35.3 Å². The van der Waals surface area contributed by atoms with Crippen LogP contribution in [0.5, 0.6) is 5.75 Å². The SMILES string of the molecule is CCOC(=O)[C@H](C)NP(=O)(OC[C@H]1O[C@@H](n2cnc3c(N)nc(N)nc32)[C@](C)(O)C1O)Oc1ccccc1. The third-order valence-corrected chi connectivity index (χ3v) is 7.49. The Labute approximate surface area is 217 Å². The second-order valence-electron chi connectivity index (χ2n) is 8.79. The average molecular weight is 551 g/mol. The van der Waals surface area contributed by atoms with E-state index in [0.29, 0.717) is 0 Å². The molecule has 7 N–H and O–H groups in total. The third kappa shape index (κ3) is 5.57. The summed E-state index contributed by atoms with van der Waals surface area (Å²) in [6, 6.07) is 7.12. The second kappa shape index (κ2) is 10.8. The number of rotatable bonds is 10. The van der Waals surface area contributed by atoms with Crippen LogP contribution in [0.2, 0.25) is 0 Å². The van der Waals surface area contributed by atoms with Crippen LogP contribution in [0.1, 0.15) is 27.0 Å². The zero-order chi connectivity index (χ0) is 27.7. The standard InChI is InChI=1S/C22H30N7O8P/c1-4-34-19(31)12(2)28-38(33,37-13-8-6-5-7-9-13)35-10-14-16(30)22(3,32)20(36-14)29-11-25-15-17(23)26-21(24)27-18(15)29/h5-9,11-12,14,16,20,30,32H,4,10H2,1-3H3,(H,28,33)(H4,23,24,26,27)/t12-,14+,16?,20+,22+,38?/m0/s1. The van der Waals surface area contributed by atoms with Crippen LogP contribution in [0, 0.1) is 0 Å². The summed E-state index contributed by atoms with van der Waals surface area (Å²) >= 11 is 0. The number of aliphatic hydroxyl groups excluding tert-OH is 1. The molecule has 0 saturated carbocycles. The fourth-order valence-electron chi connectivity index (χ4n) is 3.94. The first-order valence-corrected chi connectivity index (χ1v) is 13.2. The predicted octanol–water partition coefficient (Wildman–Crippen LogP) is 0.745. The largest absolute Gasteiger partial charge is 0.465 e. The predicted molar refractivity (Wildman–Crippen MR) is 135 cm³/mol. The number of carbonyl (C=O) groups is 1. The number of aliphatic hydroxyl groups is 2. The Morgan fingerprint density at radius 1 is 1.32 bits per heavy atom. The van der Waals surface area contributed by atoms with Crippen molar-refractivity contribution in [3.63, 3.8) is 0 Å². The molecule has 1 fully saturated rings. The molecule has 16 heteroatoms. The number of benzene rings is 1. The number of aromatic nitrogens is 4. The van der Waals surface area contributed by atoms with Crippen molar-refractivity contribution in [2.45, 2.75) is 50.8 Å². The van der Waals surface area contributed by atoms with E-state index in [1.165, 1.54) is 24.7 Å². The second-order valence-corrected chi connectivity index (χ2v) is 10.5. The number of para-hydroxylation sites is 1. The van der Waals surface area contributed by atoms with Crippen LogP contribution in [-0.2, 0) is 23.4 Å². The first-order chi connectivity index (χ1) is 17.9. The van der Waals surface area contributed by atoms with Crippen molar-refractivity contribution in [3.8, 4) is 5.75 Å². The van der Waals surface area contributed by atoms with Gasteiger partial charge in [0.05, 0.1) is 19.5 Å². The Hall–Kier alpha value is -3.33. The van der Waals surface area contributed by atoms with Gasteiger partial charge < -0.3 is 35.7 Å². The summed E-state index contributed by atoms with van der Waals surface area (Å²) in [5, 5.41) is 24.6. The molecular formula is C22H30N7O8P. The molecule has 3 heterocycles. The van der Waals surface area contributed by atoms with E-state index >= 15 is 0 Å². The third-order valence-electron chi connectivity index (χ3n) is 5.84. The van der Waals surface area contributed by atoms with Gasteiger partial charge in [-0.1, -0.05) is 18.2 Å². The number of carbonyl (C=O) groups excluding carboxylic acids is 1. The quantitative estimate of drug-likeness (QED) is 0.173. The Kier molecular flexibility index (Phi) is 7.88. The lowest BCUT2D eigenvalue weighted by Crippen LogP contribution is -2.44. The van der Waals surface area contributed by atoms with Crippen molar-refractivity contribution in [1.29, 1.82) is 0 Å². The number of ether oxygens (including phenoxy) is 2. The number of nitrogens with two attached hydrogens (primary N) is 2. The molecule has 1 aliphatic rings. The number of imidazole rings is 1. The number of nitrogens with one attached hydrogen (secondary N) is 1. The number of nitrogens with zero attached hydrogens (tertiary/aromatic N) is 4. The van der Waals surface area contributed by atoms with E-state index in [4.69, 9.17) is 30.0 Å². The molecular weight excluding hydrogens is 521 g/mol. The first kappa shape index (κ1) is 27.7. The Morgan fingerprint density at radius 3 is 2.71 bits per heavy atom. The smallest absolute Gasteiger partial charge is 0.459 e. The van der Waals surface area contributed by atoms with Gasteiger partial charge in [0.2, 0.25) is 5.95 Å². The Morgan fingerprint density at radius 2 is 2.03 bits per heavy atom. The minimum Gasteiger partial charge on any atom is -0.465 e. The molecule has 2 aromatic heterocycles. The topological polar surface area (TPSA) is 219 Å². The Bertz CT molecular complexity index is 1340. The lowest BCUT2D eigenvalue weighted by Gasteiger charge is -2.27.